The Morgan fingerprint density at radius 2 is 1.89 bits per heavy atom. The molecule has 6 nitrogen and oxygen atoms in total. The van der Waals surface area contributed by atoms with Crippen molar-refractivity contribution in [2.24, 2.45) is 0 Å². The van der Waals surface area contributed by atoms with Gasteiger partial charge in [-0.25, -0.2) is 9.78 Å². The van der Waals surface area contributed by atoms with Crippen LogP contribution in [-0.4, -0.2) is 21.2 Å². The Bertz CT molecular complexity index is 1140. The zero-order chi connectivity index (χ0) is 18.8. The van der Waals surface area contributed by atoms with Crippen LogP contribution >= 0.6 is 11.6 Å². The fraction of sp³-hybridized carbons (Fsp3) is 0.100. The van der Waals surface area contributed by atoms with Crippen molar-refractivity contribution >= 4 is 28.5 Å². The van der Waals surface area contributed by atoms with Crippen molar-refractivity contribution in [3.8, 4) is 11.3 Å². The molecule has 27 heavy (non-hydrogen) atoms. The average molecular weight is 380 g/mol. The molecule has 0 saturated heterocycles. The number of ether oxygens (including phenoxy) is 1. The van der Waals surface area contributed by atoms with E-state index in [0.717, 1.165) is 5.56 Å². The smallest absolute Gasteiger partial charge is 0.339 e. The molecule has 0 fully saturated rings. The molecule has 0 atom stereocenters. The molecule has 0 bridgehead atoms. The lowest BCUT2D eigenvalue weighted by molar-refractivity contribution is 0.0439. The summed E-state index contributed by atoms with van der Waals surface area (Å²) >= 11 is 6.30. The van der Waals surface area contributed by atoms with Gasteiger partial charge in [-0.3, -0.25) is 0 Å². The number of hydrogen-bond donors (Lipinski definition) is 0. The molecule has 0 amide bonds. The molecule has 0 aliphatic heterocycles. The summed E-state index contributed by atoms with van der Waals surface area (Å²) in [6, 6.07) is 16.4. The van der Waals surface area contributed by atoms with Gasteiger partial charge in [0.05, 0.1) is 16.8 Å². The molecule has 2 heterocycles. The van der Waals surface area contributed by atoms with Crippen LogP contribution in [0.5, 0.6) is 0 Å². The minimum atomic E-state index is -0.502. The van der Waals surface area contributed by atoms with Crippen LogP contribution in [0.2, 0.25) is 5.02 Å². The van der Waals surface area contributed by atoms with E-state index in [1.54, 1.807) is 19.1 Å². The topological polar surface area (TPSA) is 78.1 Å². The molecular formula is C20H14ClN3O3. The van der Waals surface area contributed by atoms with E-state index in [0.29, 0.717) is 33.1 Å². The normalized spacial score (nSPS) is 10.9. The van der Waals surface area contributed by atoms with Crippen LogP contribution in [0.4, 0.5) is 0 Å². The second-order valence-corrected chi connectivity index (χ2v) is 6.25. The van der Waals surface area contributed by atoms with Gasteiger partial charge in [0.2, 0.25) is 5.89 Å². The molecule has 2 aromatic heterocycles. The van der Waals surface area contributed by atoms with Crippen LogP contribution in [0.25, 0.3) is 22.2 Å². The molecule has 0 aliphatic rings. The van der Waals surface area contributed by atoms with Crippen molar-refractivity contribution in [1.82, 2.24) is 15.2 Å². The maximum atomic E-state index is 12.7. The predicted molar refractivity (Wildman–Crippen MR) is 100 cm³/mol. The van der Waals surface area contributed by atoms with Gasteiger partial charge in [-0.2, -0.15) is 0 Å². The second kappa shape index (κ2) is 7.17. The number of aromatic nitrogens is 3. The summed E-state index contributed by atoms with van der Waals surface area (Å²) < 4.78 is 10.6. The van der Waals surface area contributed by atoms with E-state index >= 15 is 0 Å². The number of rotatable bonds is 4. The zero-order valence-electron chi connectivity index (χ0n) is 14.3. The van der Waals surface area contributed by atoms with Gasteiger partial charge in [-0.05, 0) is 18.2 Å². The molecule has 0 unspecified atom stereocenters. The van der Waals surface area contributed by atoms with Gasteiger partial charge in [0, 0.05) is 22.9 Å². The molecule has 7 heteroatoms. The van der Waals surface area contributed by atoms with Gasteiger partial charge in [0.25, 0.3) is 5.89 Å². The Hall–Kier alpha value is -3.25. The molecule has 4 rings (SSSR count). The number of hydrogen-bond acceptors (Lipinski definition) is 6. The van der Waals surface area contributed by atoms with Crippen molar-refractivity contribution in [3.05, 3.63) is 77.0 Å². The van der Waals surface area contributed by atoms with E-state index in [2.05, 4.69) is 15.2 Å². The largest absolute Gasteiger partial charge is 0.452 e. The summed E-state index contributed by atoms with van der Waals surface area (Å²) in [6.07, 6.45) is 0. The quantitative estimate of drug-likeness (QED) is 0.482. The summed E-state index contributed by atoms with van der Waals surface area (Å²) in [5.41, 5.74) is 2.41. The lowest BCUT2D eigenvalue weighted by Gasteiger charge is -2.10. The number of carbonyl (C=O) groups excluding carboxylic acids is 1. The Morgan fingerprint density at radius 3 is 2.67 bits per heavy atom. The van der Waals surface area contributed by atoms with E-state index in [1.165, 1.54) is 0 Å². The molecule has 0 radical (unpaired) electrons. The number of carbonyl (C=O) groups is 1. The number of nitrogens with zero attached hydrogens (tertiary/aromatic N) is 3. The van der Waals surface area contributed by atoms with Crippen molar-refractivity contribution in [3.63, 3.8) is 0 Å². The number of pyridine rings is 1. The van der Waals surface area contributed by atoms with Crippen molar-refractivity contribution in [1.29, 1.82) is 0 Å². The number of benzene rings is 2. The third-order valence-corrected chi connectivity index (χ3v) is 4.31. The van der Waals surface area contributed by atoms with Gasteiger partial charge in [0.1, 0.15) is 0 Å². The van der Waals surface area contributed by atoms with Gasteiger partial charge in [-0.15, -0.1) is 10.2 Å². The number of fused-ring (bicyclic) bond motifs is 1. The first kappa shape index (κ1) is 17.2. The lowest BCUT2D eigenvalue weighted by atomic mass is 10.0. The fourth-order valence-corrected chi connectivity index (χ4v) is 2.98. The van der Waals surface area contributed by atoms with Crippen molar-refractivity contribution < 1.29 is 13.9 Å². The molecule has 0 spiro atoms. The minimum absolute atomic E-state index is 0.0995. The van der Waals surface area contributed by atoms with Gasteiger partial charge in [0.15, 0.2) is 6.61 Å². The van der Waals surface area contributed by atoms with Crippen molar-refractivity contribution in [2.75, 3.05) is 0 Å². The monoisotopic (exact) mass is 379 g/mol. The number of esters is 1. The highest BCUT2D eigenvalue weighted by Gasteiger charge is 2.17. The minimum Gasteiger partial charge on any atom is -0.452 e. The summed E-state index contributed by atoms with van der Waals surface area (Å²) in [7, 11) is 0. The Kier molecular flexibility index (Phi) is 4.56. The zero-order valence-corrected chi connectivity index (χ0v) is 15.1. The highest BCUT2D eigenvalue weighted by atomic mass is 35.5. The van der Waals surface area contributed by atoms with Crippen molar-refractivity contribution in [2.45, 2.75) is 13.5 Å². The Balaban J connectivity index is 1.74. The average Bonchev–Trinajstić information content (AvgIpc) is 3.11. The molecular weight excluding hydrogens is 366 g/mol. The van der Waals surface area contributed by atoms with E-state index in [-0.39, 0.29) is 12.5 Å². The van der Waals surface area contributed by atoms with Gasteiger partial charge in [-0.1, -0.05) is 48.0 Å². The first-order chi connectivity index (χ1) is 13.1. The van der Waals surface area contributed by atoms with E-state index in [1.807, 2.05) is 42.5 Å². The highest BCUT2D eigenvalue weighted by Crippen LogP contribution is 2.30. The number of aryl methyl sites for hydroxylation is 1. The number of halogens is 1. The van der Waals surface area contributed by atoms with E-state index in [9.17, 15) is 4.79 Å². The predicted octanol–water partition coefficient (Wildman–Crippen LogP) is 4.60. The summed E-state index contributed by atoms with van der Waals surface area (Å²) in [5.74, 6) is 0.153. The molecule has 0 saturated carbocycles. The van der Waals surface area contributed by atoms with Crippen LogP contribution in [0.3, 0.4) is 0 Å². The molecule has 0 aliphatic carbocycles. The number of para-hydroxylation sites is 1. The highest BCUT2D eigenvalue weighted by molar-refractivity contribution is 6.33. The SMILES string of the molecule is Cc1nnc(COC(=O)c2cc(-c3ccccc3Cl)nc3ccccc23)o1. The maximum absolute atomic E-state index is 12.7. The van der Waals surface area contributed by atoms with E-state index < -0.39 is 5.97 Å². The third kappa shape index (κ3) is 3.52. The molecule has 134 valence electrons. The maximum Gasteiger partial charge on any atom is 0.339 e. The van der Waals surface area contributed by atoms with Crippen LogP contribution in [0.15, 0.2) is 59.0 Å². The second-order valence-electron chi connectivity index (χ2n) is 5.84. The Morgan fingerprint density at radius 1 is 1.11 bits per heavy atom. The summed E-state index contributed by atoms with van der Waals surface area (Å²) in [6.45, 7) is 1.57. The van der Waals surface area contributed by atoms with E-state index in [4.69, 9.17) is 20.8 Å². The summed E-state index contributed by atoms with van der Waals surface area (Å²) in [5, 5.41) is 8.80. The third-order valence-electron chi connectivity index (χ3n) is 3.98. The van der Waals surface area contributed by atoms with Crippen LogP contribution in [-0.2, 0) is 11.3 Å². The van der Waals surface area contributed by atoms with Gasteiger partial charge < -0.3 is 9.15 Å². The molecule has 2 aromatic carbocycles. The van der Waals surface area contributed by atoms with Crippen LogP contribution < -0.4 is 0 Å². The fourth-order valence-electron chi connectivity index (χ4n) is 2.75. The van der Waals surface area contributed by atoms with Gasteiger partial charge >= 0.3 is 5.97 Å². The van der Waals surface area contributed by atoms with Crippen LogP contribution in [0.1, 0.15) is 22.1 Å². The first-order valence-electron chi connectivity index (χ1n) is 8.22. The molecule has 4 aromatic rings. The first-order valence-corrected chi connectivity index (χ1v) is 8.60. The van der Waals surface area contributed by atoms with Crippen LogP contribution in [0, 0.1) is 6.92 Å². The summed E-state index contributed by atoms with van der Waals surface area (Å²) in [4.78, 5) is 17.4. The standard InChI is InChI=1S/C20H14ClN3O3/c1-12-23-24-19(27-12)11-26-20(25)15-10-18(14-7-2-4-8-16(14)21)22-17-9-5-3-6-13(15)17/h2-10H,11H2,1H3. The molecule has 0 N–H and O–H groups in total. The Labute approximate surface area is 159 Å². The lowest BCUT2D eigenvalue weighted by Crippen LogP contribution is -2.07.